The first-order valence-corrected chi connectivity index (χ1v) is 12.3. The highest BCUT2D eigenvalue weighted by Crippen LogP contribution is 2.40. The number of hydrogen-bond acceptors (Lipinski definition) is 7. The molecule has 1 aromatic carbocycles. The van der Waals surface area contributed by atoms with Crippen LogP contribution in [0.1, 0.15) is 43.3 Å². The summed E-state index contributed by atoms with van der Waals surface area (Å²) < 4.78 is 21.8. The van der Waals surface area contributed by atoms with Crippen LogP contribution < -0.4 is 15.0 Å². The number of nitrogens with one attached hydrogen (secondary N) is 1. The summed E-state index contributed by atoms with van der Waals surface area (Å²) in [4.78, 5) is 7.24. The van der Waals surface area contributed by atoms with E-state index in [-0.39, 0.29) is 6.10 Å². The lowest BCUT2D eigenvalue weighted by Gasteiger charge is -2.39. The van der Waals surface area contributed by atoms with Crippen LogP contribution in [0.4, 0.5) is 16.0 Å². The molecule has 6 rings (SSSR count). The minimum Gasteiger partial charge on any atom is -0.482 e. The van der Waals surface area contributed by atoms with Gasteiger partial charge in [0, 0.05) is 36.8 Å². The maximum absolute atomic E-state index is 13.8. The number of rotatable bonds is 5. The van der Waals surface area contributed by atoms with Gasteiger partial charge in [-0.3, -0.25) is 0 Å². The third-order valence-corrected chi connectivity index (χ3v) is 7.41. The third-order valence-electron chi connectivity index (χ3n) is 7.20. The van der Waals surface area contributed by atoms with E-state index in [1.807, 2.05) is 17.8 Å². The van der Waals surface area contributed by atoms with Crippen LogP contribution in [0.15, 0.2) is 30.5 Å². The molecule has 4 heterocycles. The van der Waals surface area contributed by atoms with Crippen LogP contribution >= 0.6 is 11.6 Å². The average molecular weight is 484 g/mol. The molecule has 3 aliphatic rings. The van der Waals surface area contributed by atoms with Crippen molar-refractivity contribution in [1.29, 1.82) is 0 Å². The van der Waals surface area contributed by atoms with Crippen molar-refractivity contribution in [1.82, 2.24) is 25.0 Å². The summed E-state index contributed by atoms with van der Waals surface area (Å²) in [6.07, 6.45) is 5.68. The largest absolute Gasteiger partial charge is 0.482 e. The lowest BCUT2D eigenvalue weighted by atomic mass is 9.92. The van der Waals surface area contributed by atoms with Gasteiger partial charge in [-0.2, -0.15) is 15.2 Å². The molecule has 2 aliphatic heterocycles. The second-order valence-corrected chi connectivity index (χ2v) is 10.0. The molecule has 1 saturated heterocycles. The highest BCUT2D eigenvalue weighted by molar-refractivity contribution is 6.30. The van der Waals surface area contributed by atoms with Crippen molar-refractivity contribution in [2.24, 2.45) is 11.8 Å². The molecule has 4 atom stereocenters. The van der Waals surface area contributed by atoms with Gasteiger partial charge in [-0.1, -0.05) is 11.6 Å². The van der Waals surface area contributed by atoms with E-state index in [2.05, 4.69) is 26.5 Å². The number of anilines is 2. The lowest BCUT2D eigenvalue weighted by molar-refractivity contribution is 0.155. The summed E-state index contributed by atoms with van der Waals surface area (Å²) in [5.74, 6) is 2.47. The summed E-state index contributed by atoms with van der Waals surface area (Å²) in [5.41, 5.74) is 2.09. The van der Waals surface area contributed by atoms with Gasteiger partial charge >= 0.3 is 0 Å². The molecule has 1 saturated carbocycles. The molecule has 1 unspecified atom stereocenters. The monoisotopic (exact) mass is 483 g/mol. The SMILES string of the molecule is Cc1cc(N2C[C@H]3CC[C@@H](C2)C3Nc2nc3n(n2)CCC[C@H]3Oc2cc(F)cc(Cl)c2)cnn1. The van der Waals surface area contributed by atoms with E-state index in [0.29, 0.717) is 34.6 Å². The van der Waals surface area contributed by atoms with E-state index in [1.54, 1.807) is 6.07 Å². The molecule has 178 valence electrons. The topological polar surface area (TPSA) is 81.0 Å². The van der Waals surface area contributed by atoms with Gasteiger partial charge in [0.25, 0.3) is 0 Å². The average Bonchev–Trinajstić information content (AvgIpc) is 3.30. The number of benzene rings is 1. The summed E-state index contributed by atoms with van der Waals surface area (Å²) in [6, 6.07) is 6.71. The predicted octanol–water partition coefficient (Wildman–Crippen LogP) is 4.41. The number of halogens is 2. The maximum Gasteiger partial charge on any atom is 0.242 e. The number of ether oxygens (including phenoxy) is 1. The Morgan fingerprint density at radius 1 is 1.12 bits per heavy atom. The quantitative estimate of drug-likeness (QED) is 0.575. The highest BCUT2D eigenvalue weighted by Gasteiger charge is 2.43. The van der Waals surface area contributed by atoms with E-state index in [9.17, 15) is 4.39 Å². The molecule has 2 aromatic heterocycles. The molecule has 0 radical (unpaired) electrons. The van der Waals surface area contributed by atoms with Crippen LogP contribution in [0.5, 0.6) is 5.75 Å². The molecule has 3 aromatic rings. The first-order chi connectivity index (χ1) is 16.5. The van der Waals surface area contributed by atoms with Crippen molar-refractivity contribution < 1.29 is 9.13 Å². The summed E-state index contributed by atoms with van der Waals surface area (Å²) in [5, 5.41) is 16.9. The number of nitrogens with zero attached hydrogens (tertiary/aromatic N) is 6. The smallest absolute Gasteiger partial charge is 0.242 e. The first-order valence-electron chi connectivity index (χ1n) is 11.9. The summed E-state index contributed by atoms with van der Waals surface area (Å²) >= 11 is 6.00. The van der Waals surface area contributed by atoms with Crippen molar-refractivity contribution in [3.05, 3.63) is 52.8 Å². The van der Waals surface area contributed by atoms with Crippen LogP contribution in [-0.2, 0) is 6.54 Å². The lowest BCUT2D eigenvalue weighted by Crippen LogP contribution is -2.48. The molecule has 1 N–H and O–H groups in total. The number of hydrogen-bond donors (Lipinski definition) is 1. The van der Waals surface area contributed by atoms with Crippen LogP contribution in [0.2, 0.25) is 5.02 Å². The molecule has 2 fully saturated rings. The van der Waals surface area contributed by atoms with Gasteiger partial charge in [0.05, 0.1) is 17.6 Å². The molecular weight excluding hydrogens is 457 g/mol. The second kappa shape index (κ2) is 8.69. The maximum atomic E-state index is 13.8. The van der Waals surface area contributed by atoms with Crippen LogP contribution in [0.3, 0.4) is 0 Å². The minimum atomic E-state index is -0.415. The van der Waals surface area contributed by atoms with E-state index in [1.165, 1.54) is 25.0 Å². The molecule has 34 heavy (non-hydrogen) atoms. The zero-order chi connectivity index (χ0) is 23.2. The van der Waals surface area contributed by atoms with Gasteiger partial charge in [-0.05, 0) is 62.6 Å². The predicted molar refractivity (Wildman–Crippen MR) is 127 cm³/mol. The van der Waals surface area contributed by atoms with Crippen molar-refractivity contribution in [3.63, 3.8) is 0 Å². The van der Waals surface area contributed by atoms with Crippen molar-refractivity contribution in [2.45, 2.75) is 51.3 Å². The number of aromatic nitrogens is 5. The normalized spacial score (nSPS) is 25.8. The van der Waals surface area contributed by atoms with Crippen LogP contribution in [0, 0.1) is 24.6 Å². The van der Waals surface area contributed by atoms with E-state index < -0.39 is 5.82 Å². The molecular formula is C24H27ClFN7O. The van der Waals surface area contributed by atoms with Gasteiger partial charge < -0.3 is 15.0 Å². The Balaban J connectivity index is 1.17. The molecule has 8 nitrogen and oxygen atoms in total. The Morgan fingerprint density at radius 3 is 2.71 bits per heavy atom. The zero-order valence-corrected chi connectivity index (χ0v) is 19.7. The van der Waals surface area contributed by atoms with Gasteiger partial charge in [-0.25, -0.2) is 9.07 Å². The number of fused-ring (bicyclic) bond motifs is 3. The summed E-state index contributed by atoms with van der Waals surface area (Å²) in [7, 11) is 0. The van der Waals surface area contributed by atoms with Crippen LogP contribution in [-0.4, -0.2) is 44.1 Å². The Labute approximate surface area is 202 Å². The van der Waals surface area contributed by atoms with Crippen LogP contribution in [0.25, 0.3) is 0 Å². The molecule has 0 spiro atoms. The fourth-order valence-corrected chi connectivity index (χ4v) is 5.91. The molecule has 2 bridgehead atoms. The van der Waals surface area contributed by atoms with E-state index in [0.717, 1.165) is 49.7 Å². The number of aryl methyl sites for hydroxylation is 2. The number of piperidine rings is 1. The molecule has 10 heteroatoms. The fraction of sp³-hybridized carbons (Fsp3) is 0.500. The Hall–Kier alpha value is -2.94. The van der Waals surface area contributed by atoms with Crippen molar-refractivity contribution >= 4 is 23.2 Å². The van der Waals surface area contributed by atoms with Crippen molar-refractivity contribution in [3.8, 4) is 5.75 Å². The summed E-state index contributed by atoms with van der Waals surface area (Å²) in [6.45, 7) is 4.75. The van der Waals surface area contributed by atoms with E-state index >= 15 is 0 Å². The standard InChI is InChI=1S/C24H27ClFN7O/c1-14-7-19(11-27-30-14)32-12-15-4-5-16(13-32)22(15)28-24-29-23-21(3-2-6-33(23)31-24)34-20-9-17(25)8-18(26)10-20/h7-11,15-16,21-22H,2-6,12-13H2,1H3,(H,28,31)/t15-,16+,21-,22?/m1/s1. The van der Waals surface area contributed by atoms with Gasteiger partial charge in [0.1, 0.15) is 11.6 Å². The molecule has 1 aliphatic carbocycles. The van der Waals surface area contributed by atoms with E-state index in [4.69, 9.17) is 26.4 Å². The van der Waals surface area contributed by atoms with Gasteiger partial charge in [-0.15, -0.1) is 5.10 Å². The van der Waals surface area contributed by atoms with Crippen molar-refractivity contribution in [2.75, 3.05) is 23.3 Å². The highest BCUT2D eigenvalue weighted by atomic mass is 35.5. The Bertz CT molecular complexity index is 1170. The Morgan fingerprint density at radius 2 is 1.94 bits per heavy atom. The zero-order valence-electron chi connectivity index (χ0n) is 19.0. The van der Waals surface area contributed by atoms with Gasteiger partial charge in [0.15, 0.2) is 11.9 Å². The minimum absolute atomic E-state index is 0.282. The second-order valence-electron chi connectivity index (χ2n) is 9.60. The third kappa shape index (κ3) is 4.17. The molecule has 0 amide bonds. The Kier molecular flexibility index (Phi) is 5.51. The van der Waals surface area contributed by atoms with Gasteiger partial charge in [0.2, 0.25) is 5.95 Å². The fourth-order valence-electron chi connectivity index (χ4n) is 5.70. The first kappa shape index (κ1) is 21.6.